The highest BCUT2D eigenvalue weighted by atomic mass is 32.2. The smallest absolute Gasteiger partial charge is 0.340 e. The van der Waals surface area contributed by atoms with Crippen LogP contribution in [0.25, 0.3) is 0 Å². The van der Waals surface area contributed by atoms with E-state index >= 15 is 0 Å². The first-order valence-electron chi connectivity index (χ1n) is 7.65. The molecule has 0 fully saturated rings. The molecule has 0 aliphatic rings. The molecule has 2 aromatic carbocycles. The van der Waals surface area contributed by atoms with Crippen LogP contribution in [0.2, 0.25) is 0 Å². The predicted octanol–water partition coefficient (Wildman–Crippen LogP) is 1.78. The quantitative estimate of drug-likeness (QED) is 0.777. The zero-order valence-electron chi connectivity index (χ0n) is 14.2. The molecule has 0 aromatic heterocycles. The zero-order chi connectivity index (χ0) is 19.1. The van der Waals surface area contributed by atoms with E-state index in [4.69, 9.17) is 4.74 Å². The fourth-order valence-electron chi connectivity index (χ4n) is 2.20. The molecule has 2 N–H and O–H groups in total. The molecule has 2 atom stereocenters. The van der Waals surface area contributed by atoms with Crippen LogP contribution in [0, 0.1) is 0 Å². The van der Waals surface area contributed by atoms with Crippen LogP contribution in [0.15, 0.2) is 59.5 Å². The molecule has 0 saturated heterocycles. The second-order valence-corrected chi connectivity index (χ2v) is 6.56. The minimum Gasteiger partial charge on any atom is -0.444 e. The number of rotatable bonds is 5. The van der Waals surface area contributed by atoms with Crippen molar-refractivity contribution in [3.05, 3.63) is 65.7 Å². The van der Waals surface area contributed by atoms with Crippen LogP contribution < -0.4 is 10.6 Å². The van der Waals surface area contributed by atoms with Gasteiger partial charge in [-0.15, -0.1) is 0 Å². The maximum Gasteiger partial charge on any atom is 0.340 e. The third kappa shape index (κ3) is 4.76. The van der Waals surface area contributed by atoms with E-state index in [2.05, 4.69) is 10.6 Å². The fraction of sp³-hybridized carbons (Fsp3) is 0.167. The second kappa shape index (κ2) is 8.91. The van der Waals surface area contributed by atoms with Gasteiger partial charge in [0.2, 0.25) is 6.10 Å². The lowest BCUT2D eigenvalue weighted by Gasteiger charge is -2.18. The standard InChI is InChI=1S/C18H18N2O5S/c1-19-18(23)20-16(21)15(12-8-4-3-5-9-12)25-17(22)13-10-6-7-11-14(13)26(2)24/h3-11,15H,1-2H3,(H2,19,20,21,23)/t15-,26+/m0/s1. The second-order valence-electron chi connectivity index (χ2n) is 5.21. The van der Waals surface area contributed by atoms with Crippen molar-refractivity contribution in [2.75, 3.05) is 13.3 Å². The lowest BCUT2D eigenvalue weighted by atomic mass is 10.1. The Bertz CT molecular complexity index is 838. The highest BCUT2D eigenvalue weighted by Crippen LogP contribution is 2.22. The molecule has 0 saturated carbocycles. The van der Waals surface area contributed by atoms with E-state index in [1.807, 2.05) is 0 Å². The Morgan fingerprint density at radius 2 is 1.62 bits per heavy atom. The largest absolute Gasteiger partial charge is 0.444 e. The summed E-state index contributed by atoms with van der Waals surface area (Å²) in [7, 11) is -0.0471. The van der Waals surface area contributed by atoms with Crippen molar-refractivity contribution in [3.8, 4) is 0 Å². The average Bonchev–Trinajstić information content (AvgIpc) is 2.66. The van der Waals surface area contributed by atoms with Gasteiger partial charge in [-0.2, -0.15) is 0 Å². The molecule has 0 aliphatic heterocycles. The Kier molecular flexibility index (Phi) is 6.62. The van der Waals surface area contributed by atoms with Gasteiger partial charge in [-0.05, 0) is 12.1 Å². The van der Waals surface area contributed by atoms with Gasteiger partial charge in [0, 0.05) is 18.9 Å². The van der Waals surface area contributed by atoms with Crippen molar-refractivity contribution < 1.29 is 23.3 Å². The zero-order valence-corrected chi connectivity index (χ0v) is 15.0. The van der Waals surface area contributed by atoms with Crippen molar-refractivity contribution in [2.45, 2.75) is 11.0 Å². The Morgan fingerprint density at radius 1 is 1.00 bits per heavy atom. The first-order chi connectivity index (χ1) is 12.4. The van der Waals surface area contributed by atoms with E-state index in [-0.39, 0.29) is 5.56 Å². The minimum atomic E-state index is -1.41. The van der Waals surface area contributed by atoms with Gasteiger partial charge < -0.3 is 10.1 Å². The number of carbonyl (C=O) groups is 3. The van der Waals surface area contributed by atoms with Gasteiger partial charge in [0.1, 0.15) is 0 Å². The van der Waals surface area contributed by atoms with Crippen molar-refractivity contribution >= 4 is 28.7 Å². The number of carbonyl (C=O) groups excluding carboxylic acids is 3. The molecule has 0 heterocycles. The Balaban J connectivity index is 2.32. The van der Waals surface area contributed by atoms with E-state index in [0.29, 0.717) is 10.5 Å². The highest BCUT2D eigenvalue weighted by Gasteiger charge is 2.28. The number of ether oxygens (including phenoxy) is 1. The third-order valence-electron chi connectivity index (χ3n) is 3.45. The summed E-state index contributed by atoms with van der Waals surface area (Å²) in [6.45, 7) is 0. The Hall–Kier alpha value is -3.00. The molecule has 0 spiro atoms. The number of nitrogens with one attached hydrogen (secondary N) is 2. The molecular formula is C18H18N2O5S. The van der Waals surface area contributed by atoms with Gasteiger partial charge in [-0.1, -0.05) is 42.5 Å². The fourth-order valence-corrected chi connectivity index (χ4v) is 2.93. The summed E-state index contributed by atoms with van der Waals surface area (Å²) in [6, 6.07) is 13.9. The van der Waals surface area contributed by atoms with Gasteiger partial charge in [0.15, 0.2) is 0 Å². The van der Waals surface area contributed by atoms with Crippen LogP contribution >= 0.6 is 0 Å². The van der Waals surface area contributed by atoms with Crippen LogP contribution in [-0.4, -0.2) is 35.4 Å². The summed E-state index contributed by atoms with van der Waals surface area (Å²) in [6.07, 6.45) is 0.110. The predicted molar refractivity (Wildman–Crippen MR) is 96.0 cm³/mol. The monoisotopic (exact) mass is 374 g/mol. The van der Waals surface area contributed by atoms with Crippen molar-refractivity contribution in [1.29, 1.82) is 0 Å². The van der Waals surface area contributed by atoms with Crippen LogP contribution in [0.5, 0.6) is 0 Å². The Labute approximate surface area is 153 Å². The number of imide groups is 1. The van der Waals surface area contributed by atoms with E-state index in [0.717, 1.165) is 0 Å². The SMILES string of the molecule is CNC(=O)NC(=O)[C@@H](OC(=O)c1ccccc1[S@@](C)=O)c1ccccc1. The number of benzene rings is 2. The van der Waals surface area contributed by atoms with E-state index in [1.54, 1.807) is 48.5 Å². The van der Waals surface area contributed by atoms with Gasteiger partial charge in [0.25, 0.3) is 5.91 Å². The number of urea groups is 1. The van der Waals surface area contributed by atoms with Gasteiger partial charge in [-0.3, -0.25) is 14.3 Å². The first kappa shape index (κ1) is 19.3. The van der Waals surface area contributed by atoms with Crippen LogP contribution in [0.1, 0.15) is 22.0 Å². The summed E-state index contributed by atoms with van der Waals surface area (Å²) in [5, 5.41) is 4.36. The van der Waals surface area contributed by atoms with Gasteiger partial charge >= 0.3 is 12.0 Å². The highest BCUT2D eigenvalue weighted by molar-refractivity contribution is 7.84. The molecule has 2 rings (SSSR count). The molecule has 0 aliphatic carbocycles. The third-order valence-corrected chi connectivity index (χ3v) is 4.42. The maximum absolute atomic E-state index is 12.6. The van der Waals surface area contributed by atoms with E-state index in [9.17, 15) is 18.6 Å². The van der Waals surface area contributed by atoms with Crippen molar-refractivity contribution in [2.24, 2.45) is 0 Å². The number of hydrogen-bond acceptors (Lipinski definition) is 5. The van der Waals surface area contributed by atoms with Crippen molar-refractivity contribution in [1.82, 2.24) is 10.6 Å². The molecule has 0 radical (unpaired) electrons. The van der Waals surface area contributed by atoms with Crippen LogP contribution in [0.3, 0.4) is 0 Å². The normalized spacial score (nSPS) is 12.5. The Morgan fingerprint density at radius 3 is 2.23 bits per heavy atom. The minimum absolute atomic E-state index is 0.0991. The van der Waals surface area contributed by atoms with Crippen molar-refractivity contribution in [3.63, 3.8) is 0 Å². The number of amides is 3. The van der Waals surface area contributed by atoms with Gasteiger partial charge in [-0.25, -0.2) is 9.59 Å². The van der Waals surface area contributed by atoms with Crippen LogP contribution in [-0.2, 0) is 20.3 Å². The summed E-state index contributed by atoms with van der Waals surface area (Å²) in [5.41, 5.74) is 0.499. The van der Waals surface area contributed by atoms with Crippen LogP contribution in [0.4, 0.5) is 4.79 Å². The van der Waals surface area contributed by atoms with Gasteiger partial charge in [0.05, 0.1) is 21.3 Å². The summed E-state index contributed by atoms with van der Waals surface area (Å²) < 4.78 is 17.2. The molecule has 3 amide bonds. The lowest BCUT2D eigenvalue weighted by Crippen LogP contribution is -2.41. The molecular weight excluding hydrogens is 356 g/mol. The topological polar surface area (TPSA) is 102 Å². The molecule has 7 nitrogen and oxygen atoms in total. The first-order valence-corrected chi connectivity index (χ1v) is 9.20. The molecule has 0 bridgehead atoms. The number of hydrogen-bond donors (Lipinski definition) is 2. The maximum atomic E-state index is 12.6. The summed E-state index contributed by atoms with van der Waals surface area (Å²) >= 11 is 0. The molecule has 2 aromatic rings. The molecule has 136 valence electrons. The lowest BCUT2D eigenvalue weighted by molar-refractivity contribution is -0.129. The summed E-state index contributed by atoms with van der Waals surface area (Å²) in [5.74, 6) is -1.60. The van der Waals surface area contributed by atoms with E-state index < -0.39 is 34.8 Å². The summed E-state index contributed by atoms with van der Waals surface area (Å²) in [4.78, 5) is 36.7. The number of esters is 1. The molecule has 8 heteroatoms. The molecule has 26 heavy (non-hydrogen) atoms. The van der Waals surface area contributed by atoms with E-state index in [1.165, 1.54) is 19.4 Å². The average molecular weight is 374 g/mol. The molecule has 0 unspecified atom stereocenters.